The van der Waals surface area contributed by atoms with Gasteiger partial charge in [-0.05, 0) is 68.7 Å². The largest absolute Gasteiger partial charge is 0.385 e. The summed E-state index contributed by atoms with van der Waals surface area (Å²) >= 11 is 0. The first-order valence-corrected chi connectivity index (χ1v) is 7.56. The van der Waals surface area contributed by atoms with Gasteiger partial charge in [0.25, 0.3) is 0 Å². The van der Waals surface area contributed by atoms with Crippen LogP contribution in [-0.2, 0) is 4.74 Å². The molecule has 0 aliphatic heterocycles. The normalized spacial score (nSPS) is 28.4. The number of hydrogen-bond acceptors (Lipinski definition) is 2. The van der Waals surface area contributed by atoms with Crippen molar-refractivity contribution in [2.75, 3.05) is 6.61 Å². The lowest BCUT2D eigenvalue weighted by atomic mass is 9.74. The van der Waals surface area contributed by atoms with E-state index in [9.17, 15) is 9.50 Å². The molecule has 1 unspecified atom stereocenters. The van der Waals surface area contributed by atoms with E-state index < -0.39 is 11.7 Å². The molecule has 2 rings (SSSR count). The number of aliphatic hydroxyl groups is 1. The highest BCUT2D eigenvalue weighted by Gasteiger charge is 2.42. The van der Waals surface area contributed by atoms with Gasteiger partial charge in [-0.1, -0.05) is 13.0 Å². The first kappa shape index (κ1) is 15.5. The van der Waals surface area contributed by atoms with Crippen molar-refractivity contribution in [3.63, 3.8) is 0 Å². The molecular formula is C17H25FO2. The fraction of sp³-hybridized carbons (Fsp3) is 0.647. The maximum atomic E-state index is 13.6. The summed E-state index contributed by atoms with van der Waals surface area (Å²) in [6.45, 7) is 6.59. The topological polar surface area (TPSA) is 29.5 Å². The summed E-state index contributed by atoms with van der Waals surface area (Å²) in [6, 6.07) is 4.76. The Balaban J connectivity index is 2.28. The van der Waals surface area contributed by atoms with E-state index in [1.54, 1.807) is 0 Å². The zero-order valence-electron chi connectivity index (χ0n) is 12.7. The van der Waals surface area contributed by atoms with Crippen LogP contribution in [-0.4, -0.2) is 17.3 Å². The molecule has 0 radical (unpaired) electrons. The van der Waals surface area contributed by atoms with Crippen LogP contribution in [0.15, 0.2) is 18.2 Å². The fourth-order valence-electron chi connectivity index (χ4n) is 3.26. The van der Waals surface area contributed by atoms with Crippen molar-refractivity contribution >= 4 is 0 Å². The monoisotopic (exact) mass is 280 g/mol. The summed E-state index contributed by atoms with van der Waals surface area (Å²) in [6.07, 6.45) is 3.00. The van der Waals surface area contributed by atoms with E-state index in [0.29, 0.717) is 18.1 Å². The van der Waals surface area contributed by atoms with Crippen LogP contribution in [0.2, 0.25) is 0 Å². The second-order valence-electron chi connectivity index (χ2n) is 6.14. The predicted molar refractivity (Wildman–Crippen MR) is 78.1 cm³/mol. The van der Waals surface area contributed by atoms with Crippen LogP contribution in [0, 0.1) is 18.7 Å². The predicted octanol–water partition coefficient (Wildman–Crippen LogP) is 4.15. The number of ether oxygens (including phenoxy) is 1. The van der Waals surface area contributed by atoms with Crippen LogP contribution in [0.4, 0.5) is 4.39 Å². The smallest absolute Gasteiger partial charge is 0.123 e. The summed E-state index contributed by atoms with van der Waals surface area (Å²) in [4.78, 5) is 0. The molecule has 20 heavy (non-hydrogen) atoms. The highest BCUT2D eigenvalue weighted by Crippen LogP contribution is 2.43. The van der Waals surface area contributed by atoms with Crippen molar-refractivity contribution in [1.82, 2.24) is 0 Å². The Morgan fingerprint density at radius 3 is 2.55 bits per heavy atom. The van der Waals surface area contributed by atoms with Gasteiger partial charge in [0.2, 0.25) is 0 Å². The first-order chi connectivity index (χ1) is 9.47. The number of aryl methyl sites for hydroxylation is 1. The van der Waals surface area contributed by atoms with E-state index in [4.69, 9.17) is 4.74 Å². The molecule has 3 heteroatoms. The Labute approximate surface area is 121 Å². The van der Waals surface area contributed by atoms with Crippen LogP contribution >= 0.6 is 0 Å². The molecule has 2 nitrogen and oxygen atoms in total. The van der Waals surface area contributed by atoms with E-state index in [-0.39, 0.29) is 5.82 Å². The molecule has 0 aromatic heterocycles. The average molecular weight is 280 g/mol. The van der Waals surface area contributed by atoms with Gasteiger partial charge >= 0.3 is 0 Å². The summed E-state index contributed by atoms with van der Waals surface area (Å²) in [7, 11) is 0. The molecule has 1 aliphatic carbocycles. The van der Waals surface area contributed by atoms with Gasteiger partial charge in [-0.2, -0.15) is 0 Å². The summed E-state index contributed by atoms with van der Waals surface area (Å²) in [5.41, 5.74) is 0.905. The molecule has 1 saturated carbocycles. The Morgan fingerprint density at radius 2 is 2.00 bits per heavy atom. The second kappa shape index (κ2) is 6.23. The summed E-state index contributed by atoms with van der Waals surface area (Å²) in [5, 5.41) is 10.8. The van der Waals surface area contributed by atoms with Crippen LogP contribution in [0.25, 0.3) is 0 Å². The van der Waals surface area contributed by atoms with Crippen LogP contribution in [0.5, 0.6) is 0 Å². The molecule has 1 fully saturated rings. The lowest BCUT2D eigenvalue weighted by Crippen LogP contribution is -2.42. The molecule has 1 aromatic carbocycles. The van der Waals surface area contributed by atoms with E-state index in [1.165, 1.54) is 12.1 Å². The molecule has 1 aromatic rings. The molecule has 0 saturated heterocycles. The van der Waals surface area contributed by atoms with Crippen molar-refractivity contribution in [3.05, 3.63) is 35.1 Å². The average Bonchev–Trinajstić information content (AvgIpc) is 2.40. The molecule has 1 aliphatic rings. The summed E-state index contributed by atoms with van der Waals surface area (Å²) < 4.78 is 19.5. The molecular weight excluding hydrogens is 255 g/mol. The van der Waals surface area contributed by atoms with Crippen LogP contribution < -0.4 is 0 Å². The highest BCUT2D eigenvalue weighted by atomic mass is 19.1. The van der Waals surface area contributed by atoms with Gasteiger partial charge < -0.3 is 9.84 Å². The van der Waals surface area contributed by atoms with Crippen LogP contribution in [0.1, 0.15) is 56.8 Å². The number of rotatable bonds is 4. The SMILES string of the molecule is CCOC1(C(O)c2cc(C)cc(F)c2)CCC(C)CC1. The Kier molecular flexibility index (Phi) is 4.82. The van der Waals surface area contributed by atoms with Crippen molar-refractivity contribution in [3.8, 4) is 0 Å². The third-order valence-electron chi connectivity index (χ3n) is 4.43. The molecule has 1 atom stereocenters. The van der Waals surface area contributed by atoms with Gasteiger partial charge in [0.05, 0.1) is 5.60 Å². The van der Waals surface area contributed by atoms with Gasteiger partial charge in [0.15, 0.2) is 0 Å². The van der Waals surface area contributed by atoms with Crippen molar-refractivity contribution < 1.29 is 14.2 Å². The van der Waals surface area contributed by atoms with Crippen molar-refractivity contribution in [2.24, 2.45) is 5.92 Å². The molecule has 1 N–H and O–H groups in total. The third-order valence-corrected chi connectivity index (χ3v) is 4.43. The minimum absolute atomic E-state index is 0.296. The van der Waals surface area contributed by atoms with Gasteiger partial charge in [-0.3, -0.25) is 0 Å². The second-order valence-corrected chi connectivity index (χ2v) is 6.14. The molecule has 0 bridgehead atoms. The van der Waals surface area contributed by atoms with Gasteiger partial charge in [0.1, 0.15) is 11.9 Å². The van der Waals surface area contributed by atoms with E-state index >= 15 is 0 Å². The zero-order chi connectivity index (χ0) is 14.8. The Hall–Kier alpha value is -0.930. The molecule has 112 valence electrons. The standard InChI is InChI=1S/C17H25FO2/c1-4-20-17(7-5-12(2)6-8-17)16(19)14-9-13(3)10-15(18)11-14/h9-12,16,19H,4-8H2,1-3H3. The molecule has 0 spiro atoms. The van der Waals surface area contributed by atoms with E-state index in [2.05, 4.69) is 6.92 Å². The van der Waals surface area contributed by atoms with Crippen molar-refractivity contribution in [2.45, 2.75) is 58.2 Å². The minimum Gasteiger partial charge on any atom is -0.385 e. The van der Waals surface area contributed by atoms with E-state index in [0.717, 1.165) is 31.2 Å². The third kappa shape index (κ3) is 3.21. The maximum absolute atomic E-state index is 13.6. The first-order valence-electron chi connectivity index (χ1n) is 7.56. The van der Waals surface area contributed by atoms with E-state index in [1.807, 2.05) is 19.9 Å². The van der Waals surface area contributed by atoms with Crippen molar-refractivity contribution in [1.29, 1.82) is 0 Å². The maximum Gasteiger partial charge on any atom is 0.123 e. The lowest BCUT2D eigenvalue weighted by Gasteiger charge is -2.42. The van der Waals surface area contributed by atoms with Gasteiger partial charge in [-0.15, -0.1) is 0 Å². The zero-order valence-corrected chi connectivity index (χ0v) is 12.7. The number of hydrogen-bond donors (Lipinski definition) is 1. The number of aliphatic hydroxyl groups excluding tert-OH is 1. The number of benzene rings is 1. The number of halogens is 1. The molecule has 0 amide bonds. The molecule has 0 heterocycles. The lowest BCUT2D eigenvalue weighted by molar-refractivity contribution is -0.146. The Morgan fingerprint density at radius 1 is 1.35 bits per heavy atom. The Bertz CT molecular complexity index is 430. The quantitative estimate of drug-likeness (QED) is 0.897. The minimum atomic E-state index is -0.760. The highest BCUT2D eigenvalue weighted by molar-refractivity contribution is 5.27. The van der Waals surface area contributed by atoms with Crippen LogP contribution in [0.3, 0.4) is 0 Å². The fourth-order valence-corrected chi connectivity index (χ4v) is 3.26. The van der Waals surface area contributed by atoms with Gasteiger partial charge in [0, 0.05) is 6.61 Å². The van der Waals surface area contributed by atoms with Gasteiger partial charge in [-0.25, -0.2) is 4.39 Å². The summed E-state index contributed by atoms with van der Waals surface area (Å²) in [5.74, 6) is 0.375.